The van der Waals surface area contributed by atoms with Crippen molar-refractivity contribution in [1.29, 1.82) is 0 Å². The zero-order valence-electron chi connectivity index (χ0n) is 10.8. The largest absolute Gasteiger partial charge is 0.393 e. The van der Waals surface area contributed by atoms with Gasteiger partial charge in [-0.05, 0) is 19.3 Å². The molecule has 0 amide bonds. The quantitative estimate of drug-likeness (QED) is 0.445. The number of aliphatic hydroxyl groups excluding tert-OH is 1. The van der Waals surface area contributed by atoms with Gasteiger partial charge in [-0.15, -0.1) is 0 Å². The molecule has 0 aliphatic rings. The van der Waals surface area contributed by atoms with E-state index in [4.69, 9.17) is 4.55 Å². The molecule has 0 aliphatic carbocycles. The van der Waals surface area contributed by atoms with Crippen molar-refractivity contribution < 1.29 is 18.1 Å². The summed E-state index contributed by atoms with van der Waals surface area (Å²) in [4.78, 5) is 0. The number of hydrogen-bond acceptors (Lipinski definition) is 3. The molecular weight excluding hydrogens is 240 g/mol. The Balaban J connectivity index is 3.30. The molecule has 0 bridgehead atoms. The van der Waals surface area contributed by atoms with Crippen molar-refractivity contribution in [1.82, 2.24) is 0 Å². The minimum atomic E-state index is -3.81. The molecule has 0 radical (unpaired) electrons. The van der Waals surface area contributed by atoms with Crippen molar-refractivity contribution in [3.63, 3.8) is 0 Å². The average Bonchev–Trinajstić information content (AvgIpc) is 2.22. The molecule has 0 fully saturated rings. The van der Waals surface area contributed by atoms with Gasteiger partial charge in [0.2, 0.25) is 0 Å². The maximum Gasteiger partial charge on any atom is 0.264 e. The van der Waals surface area contributed by atoms with E-state index in [1.165, 1.54) is 19.3 Å². The van der Waals surface area contributed by atoms with Crippen molar-refractivity contribution in [3.8, 4) is 0 Å². The molecule has 0 aromatic rings. The van der Waals surface area contributed by atoms with Crippen LogP contribution in [0.4, 0.5) is 0 Å². The first-order chi connectivity index (χ1) is 7.95. The minimum Gasteiger partial charge on any atom is -0.393 e. The van der Waals surface area contributed by atoms with Crippen molar-refractivity contribution in [3.05, 3.63) is 0 Å². The van der Waals surface area contributed by atoms with Crippen LogP contribution in [0.3, 0.4) is 0 Å². The standard InChI is InChI=1S/C12H26O4S/c1-2-3-4-6-9-12(13)10-7-5-8-11-17(14,15)16/h12-13H,2-11H2,1H3,(H,14,15,16). The first-order valence-corrected chi connectivity index (χ1v) is 8.20. The molecule has 4 nitrogen and oxygen atoms in total. The third kappa shape index (κ3) is 13.8. The predicted octanol–water partition coefficient (Wildman–Crippen LogP) is 2.77. The monoisotopic (exact) mass is 266 g/mol. The smallest absolute Gasteiger partial charge is 0.264 e. The Morgan fingerprint density at radius 3 is 1.94 bits per heavy atom. The average molecular weight is 266 g/mol. The van der Waals surface area contributed by atoms with E-state index in [-0.39, 0.29) is 11.9 Å². The fourth-order valence-electron chi connectivity index (χ4n) is 1.79. The summed E-state index contributed by atoms with van der Waals surface area (Å²) >= 11 is 0. The van der Waals surface area contributed by atoms with E-state index >= 15 is 0 Å². The Kier molecular flexibility index (Phi) is 9.78. The van der Waals surface area contributed by atoms with Crippen LogP contribution in [0.1, 0.15) is 64.7 Å². The molecular formula is C12H26O4S. The van der Waals surface area contributed by atoms with Gasteiger partial charge in [-0.3, -0.25) is 4.55 Å². The van der Waals surface area contributed by atoms with Crippen LogP contribution in [-0.2, 0) is 10.1 Å². The molecule has 0 aromatic carbocycles. The van der Waals surface area contributed by atoms with Crippen molar-refractivity contribution >= 4 is 10.1 Å². The van der Waals surface area contributed by atoms with Gasteiger partial charge in [0.1, 0.15) is 0 Å². The highest BCUT2D eigenvalue weighted by Gasteiger charge is 2.06. The van der Waals surface area contributed by atoms with Crippen molar-refractivity contribution in [2.45, 2.75) is 70.8 Å². The highest BCUT2D eigenvalue weighted by Crippen LogP contribution is 2.11. The van der Waals surface area contributed by atoms with Crippen molar-refractivity contribution in [2.75, 3.05) is 5.75 Å². The Bertz CT molecular complexity index is 262. The van der Waals surface area contributed by atoms with Crippen LogP contribution in [0.5, 0.6) is 0 Å². The van der Waals surface area contributed by atoms with Gasteiger partial charge in [-0.25, -0.2) is 0 Å². The fourth-order valence-corrected chi connectivity index (χ4v) is 2.36. The summed E-state index contributed by atoms with van der Waals surface area (Å²) in [7, 11) is -3.81. The lowest BCUT2D eigenvalue weighted by atomic mass is 10.0. The van der Waals surface area contributed by atoms with Gasteiger partial charge >= 0.3 is 0 Å². The van der Waals surface area contributed by atoms with E-state index in [1.807, 2.05) is 0 Å². The Hall–Kier alpha value is -0.130. The lowest BCUT2D eigenvalue weighted by Gasteiger charge is -2.09. The summed E-state index contributed by atoms with van der Waals surface area (Å²) in [5.74, 6) is -0.167. The first kappa shape index (κ1) is 16.9. The SMILES string of the molecule is CCCCCCC(O)CCCCCS(=O)(=O)O. The summed E-state index contributed by atoms with van der Waals surface area (Å²) in [6, 6.07) is 0. The highest BCUT2D eigenvalue weighted by molar-refractivity contribution is 7.85. The Morgan fingerprint density at radius 1 is 0.941 bits per heavy atom. The van der Waals surface area contributed by atoms with E-state index in [0.29, 0.717) is 6.42 Å². The van der Waals surface area contributed by atoms with Gasteiger partial charge < -0.3 is 5.11 Å². The first-order valence-electron chi connectivity index (χ1n) is 6.59. The van der Waals surface area contributed by atoms with Crippen LogP contribution < -0.4 is 0 Å². The van der Waals surface area contributed by atoms with Crippen molar-refractivity contribution in [2.24, 2.45) is 0 Å². The van der Waals surface area contributed by atoms with Crippen LogP contribution in [0.15, 0.2) is 0 Å². The molecule has 2 N–H and O–H groups in total. The van der Waals surface area contributed by atoms with E-state index < -0.39 is 10.1 Å². The van der Waals surface area contributed by atoms with E-state index in [0.717, 1.165) is 32.1 Å². The molecule has 0 saturated heterocycles. The van der Waals surface area contributed by atoms with Crippen LogP contribution in [-0.4, -0.2) is 29.9 Å². The van der Waals surface area contributed by atoms with Crippen LogP contribution >= 0.6 is 0 Å². The van der Waals surface area contributed by atoms with E-state index in [1.54, 1.807) is 0 Å². The molecule has 0 aromatic heterocycles. The molecule has 17 heavy (non-hydrogen) atoms. The minimum absolute atomic E-state index is 0.167. The van der Waals surface area contributed by atoms with Gasteiger partial charge in [0.05, 0.1) is 11.9 Å². The molecule has 0 spiro atoms. The summed E-state index contributed by atoms with van der Waals surface area (Å²) in [6.45, 7) is 2.16. The zero-order chi connectivity index (χ0) is 13.1. The molecule has 1 atom stereocenters. The fraction of sp³-hybridized carbons (Fsp3) is 1.00. The molecule has 104 valence electrons. The topological polar surface area (TPSA) is 74.6 Å². The summed E-state index contributed by atoms with van der Waals surface area (Å²) in [5, 5.41) is 9.64. The molecule has 1 unspecified atom stereocenters. The second-order valence-corrected chi connectivity index (χ2v) is 6.21. The number of rotatable bonds is 11. The third-order valence-electron chi connectivity index (χ3n) is 2.83. The summed E-state index contributed by atoms with van der Waals surface area (Å²) in [5.41, 5.74) is 0. The molecule has 0 rings (SSSR count). The van der Waals surface area contributed by atoms with E-state index in [9.17, 15) is 13.5 Å². The van der Waals surface area contributed by atoms with Crippen LogP contribution in [0, 0.1) is 0 Å². The third-order valence-corrected chi connectivity index (χ3v) is 3.64. The zero-order valence-corrected chi connectivity index (χ0v) is 11.6. The maximum absolute atomic E-state index is 10.4. The van der Waals surface area contributed by atoms with Gasteiger partial charge in [0, 0.05) is 0 Å². The maximum atomic E-state index is 10.4. The molecule has 0 aliphatic heterocycles. The van der Waals surface area contributed by atoms with E-state index in [2.05, 4.69) is 6.92 Å². The molecule has 5 heteroatoms. The van der Waals surface area contributed by atoms with Gasteiger partial charge in [0.25, 0.3) is 10.1 Å². The van der Waals surface area contributed by atoms with Crippen LogP contribution in [0.2, 0.25) is 0 Å². The second kappa shape index (κ2) is 9.85. The van der Waals surface area contributed by atoms with Crippen LogP contribution in [0.25, 0.3) is 0 Å². The van der Waals surface area contributed by atoms with Gasteiger partial charge in [0.15, 0.2) is 0 Å². The number of hydrogen-bond donors (Lipinski definition) is 2. The lowest BCUT2D eigenvalue weighted by molar-refractivity contribution is 0.147. The second-order valence-electron chi connectivity index (χ2n) is 4.64. The normalized spacial score (nSPS) is 13.8. The molecule has 0 saturated carbocycles. The lowest BCUT2D eigenvalue weighted by Crippen LogP contribution is -2.07. The predicted molar refractivity (Wildman–Crippen MR) is 69.6 cm³/mol. The van der Waals surface area contributed by atoms with Gasteiger partial charge in [-0.1, -0.05) is 45.4 Å². The number of aliphatic hydroxyl groups is 1. The Labute approximate surface area is 105 Å². The summed E-state index contributed by atoms with van der Waals surface area (Å²) in [6.07, 6.45) is 8.04. The highest BCUT2D eigenvalue weighted by atomic mass is 32.2. The Morgan fingerprint density at radius 2 is 1.47 bits per heavy atom. The summed E-state index contributed by atoms with van der Waals surface area (Å²) < 4.78 is 29.4. The molecule has 0 heterocycles. The van der Waals surface area contributed by atoms with Gasteiger partial charge in [-0.2, -0.15) is 8.42 Å². The number of unbranched alkanes of at least 4 members (excludes halogenated alkanes) is 5.